The number of nitrogens with two attached hydrogens (primary N) is 1. The van der Waals surface area contributed by atoms with Crippen molar-refractivity contribution in [1.82, 2.24) is 10.2 Å². The largest absolute Gasteiger partial charge is 0.450 e. The minimum Gasteiger partial charge on any atom is -0.450 e. The Kier molecular flexibility index (Phi) is 5.69. The maximum atomic E-state index is 11.7. The fraction of sp³-hybridized carbons (Fsp3) is 0.600. The topological polar surface area (TPSA) is 80.0 Å². The van der Waals surface area contributed by atoms with Crippen LogP contribution in [0.15, 0.2) is 29.3 Å². The van der Waals surface area contributed by atoms with E-state index in [-0.39, 0.29) is 17.6 Å². The highest BCUT2D eigenvalue weighted by molar-refractivity contribution is 5.78. The molecule has 6 heteroatoms. The van der Waals surface area contributed by atoms with E-state index in [0.29, 0.717) is 25.7 Å². The summed E-state index contributed by atoms with van der Waals surface area (Å²) in [6.07, 6.45) is 3.60. The van der Waals surface area contributed by atoms with Crippen molar-refractivity contribution in [2.24, 2.45) is 16.1 Å². The van der Waals surface area contributed by atoms with Gasteiger partial charge in [-0.15, -0.1) is 0 Å². The van der Waals surface area contributed by atoms with Gasteiger partial charge >= 0.3 is 6.09 Å². The number of nitrogens with zero attached hydrogens (tertiary/aromatic N) is 2. The van der Waals surface area contributed by atoms with Crippen molar-refractivity contribution in [2.75, 3.05) is 26.2 Å². The first kappa shape index (κ1) is 18.5. The predicted molar refractivity (Wildman–Crippen MR) is 103 cm³/mol. The van der Waals surface area contributed by atoms with Crippen molar-refractivity contribution >= 4 is 12.1 Å². The van der Waals surface area contributed by atoms with Gasteiger partial charge in [0.2, 0.25) is 0 Å². The average Bonchev–Trinajstić information content (AvgIpc) is 2.97. The molecular weight excluding hydrogens is 328 g/mol. The van der Waals surface area contributed by atoms with E-state index in [0.717, 1.165) is 32.2 Å². The van der Waals surface area contributed by atoms with Gasteiger partial charge in [-0.1, -0.05) is 31.2 Å². The molecule has 1 aliphatic carbocycles. The van der Waals surface area contributed by atoms with E-state index in [1.807, 2.05) is 6.92 Å². The molecule has 0 aromatic heterocycles. The van der Waals surface area contributed by atoms with Crippen LogP contribution in [0.1, 0.15) is 37.8 Å². The first-order valence-electron chi connectivity index (χ1n) is 9.54. The van der Waals surface area contributed by atoms with E-state index in [1.54, 1.807) is 4.90 Å². The van der Waals surface area contributed by atoms with E-state index in [1.165, 1.54) is 11.1 Å². The molecule has 1 fully saturated rings. The smallest absolute Gasteiger partial charge is 0.409 e. The lowest BCUT2D eigenvalue weighted by Crippen LogP contribution is -2.48. The molecule has 2 aliphatic rings. The molecule has 0 radical (unpaired) electrons. The molecule has 0 unspecified atom stereocenters. The highest BCUT2D eigenvalue weighted by Gasteiger charge is 2.32. The molecule has 26 heavy (non-hydrogen) atoms. The number of aliphatic imine (C=N–C) groups is 1. The Hall–Kier alpha value is -2.24. The first-order chi connectivity index (χ1) is 12.5. The Bertz CT molecular complexity index is 641. The molecule has 0 spiro atoms. The normalized spacial score (nSPS) is 19.9. The number of benzene rings is 1. The van der Waals surface area contributed by atoms with Crippen LogP contribution in [0.4, 0.5) is 4.79 Å². The molecule has 1 saturated heterocycles. The minimum atomic E-state index is -0.221. The number of nitrogens with one attached hydrogen (secondary N) is 1. The Balaban J connectivity index is 1.46. The maximum Gasteiger partial charge on any atom is 0.409 e. The molecule has 1 aliphatic heterocycles. The average molecular weight is 358 g/mol. The second-order valence-electron chi connectivity index (χ2n) is 7.74. The third kappa shape index (κ3) is 4.48. The monoisotopic (exact) mass is 358 g/mol. The van der Waals surface area contributed by atoms with Crippen molar-refractivity contribution in [2.45, 2.75) is 45.6 Å². The fourth-order valence-electron chi connectivity index (χ4n) is 3.95. The third-order valence-corrected chi connectivity index (χ3v) is 5.36. The summed E-state index contributed by atoms with van der Waals surface area (Å²) in [5.41, 5.74) is 9.13. The van der Waals surface area contributed by atoms with Gasteiger partial charge < -0.3 is 20.7 Å². The van der Waals surface area contributed by atoms with Crippen molar-refractivity contribution in [1.29, 1.82) is 0 Å². The number of fused-ring (bicyclic) bond motifs is 1. The molecule has 1 amide bonds. The number of carbonyl (C=O) groups is 1. The Labute approximate surface area is 155 Å². The zero-order valence-electron chi connectivity index (χ0n) is 15.8. The van der Waals surface area contributed by atoms with E-state index in [4.69, 9.17) is 10.5 Å². The van der Waals surface area contributed by atoms with Crippen molar-refractivity contribution in [3.63, 3.8) is 0 Å². The summed E-state index contributed by atoms with van der Waals surface area (Å²) in [4.78, 5) is 18.1. The summed E-state index contributed by atoms with van der Waals surface area (Å²) in [6.45, 7) is 6.63. The number of hydrogen-bond donors (Lipinski definition) is 2. The van der Waals surface area contributed by atoms with Gasteiger partial charge in [0.15, 0.2) is 5.96 Å². The van der Waals surface area contributed by atoms with Gasteiger partial charge in [-0.25, -0.2) is 4.79 Å². The Morgan fingerprint density at radius 2 is 1.92 bits per heavy atom. The number of hydrogen-bond acceptors (Lipinski definition) is 3. The molecule has 1 heterocycles. The van der Waals surface area contributed by atoms with Gasteiger partial charge in [0.1, 0.15) is 0 Å². The number of piperidine rings is 1. The first-order valence-corrected chi connectivity index (χ1v) is 9.54. The standard InChI is InChI=1S/C20H30N4O2/c1-3-26-19(25)24-10-8-17(9-11-24)23-18(21)22-14-20(2)12-15-6-4-5-7-16(15)13-20/h4-7,17H,3,8-14H2,1-2H3,(H3,21,22,23). The van der Waals surface area contributed by atoms with E-state index in [2.05, 4.69) is 41.5 Å². The molecule has 0 saturated carbocycles. The molecular formula is C20H30N4O2. The number of carbonyl (C=O) groups excluding carboxylic acids is 1. The van der Waals surface area contributed by atoms with E-state index >= 15 is 0 Å². The van der Waals surface area contributed by atoms with Crippen LogP contribution in [-0.4, -0.2) is 49.2 Å². The predicted octanol–water partition coefficient (Wildman–Crippen LogP) is 2.32. The number of amides is 1. The van der Waals surface area contributed by atoms with Crippen molar-refractivity contribution < 1.29 is 9.53 Å². The van der Waals surface area contributed by atoms with Crippen LogP contribution in [0.2, 0.25) is 0 Å². The summed E-state index contributed by atoms with van der Waals surface area (Å²) in [5, 5.41) is 3.32. The molecule has 142 valence electrons. The van der Waals surface area contributed by atoms with Crippen LogP contribution in [-0.2, 0) is 17.6 Å². The maximum absolute atomic E-state index is 11.7. The van der Waals surface area contributed by atoms with E-state index < -0.39 is 0 Å². The number of likely N-dealkylation sites (tertiary alicyclic amines) is 1. The third-order valence-electron chi connectivity index (χ3n) is 5.36. The van der Waals surface area contributed by atoms with Crippen LogP contribution in [0.5, 0.6) is 0 Å². The number of rotatable bonds is 4. The number of guanidine groups is 1. The lowest BCUT2D eigenvalue weighted by atomic mass is 9.87. The summed E-state index contributed by atoms with van der Waals surface area (Å²) >= 11 is 0. The second-order valence-corrected chi connectivity index (χ2v) is 7.74. The molecule has 1 aromatic carbocycles. The SMILES string of the molecule is CCOC(=O)N1CCC(NC(N)=NCC2(C)Cc3ccccc3C2)CC1. The van der Waals surface area contributed by atoms with Gasteiger partial charge in [-0.3, -0.25) is 4.99 Å². The van der Waals surface area contributed by atoms with E-state index in [9.17, 15) is 4.79 Å². The van der Waals surface area contributed by atoms with Crippen LogP contribution >= 0.6 is 0 Å². The molecule has 3 rings (SSSR count). The lowest BCUT2D eigenvalue weighted by Gasteiger charge is -2.32. The van der Waals surface area contributed by atoms with Crippen LogP contribution in [0.3, 0.4) is 0 Å². The lowest BCUT2D eigenvalue weighted by molar-refractivity contribution is 0.0963. The summed E-state index contributed by atoms with van der Waals surface area (Å²) in [6, 6.07) is 8.89. The molecule has 1 aromatic rings. The second kappa shape index (κ2) is 7.98. The molecule has 6 nitrogen and oxygen atoms in total. The minimum absolute atomic E-state index is 0.142. The fourth-order valence-corrected chi connectivity index (χ4v) is 3.95. The van der Waals surface area contributed by atoms with Gasteiger partial charge in [0.25, 0.3) is 0 Å². The van der Waals surface area contributed by atoms with Gasteiger partial charge in [0.05, 0.1) is 6.61 Å². The van der Waals surface area contributed by atoms with Crippen LogP contribution in [0.25, 0.3) is 0 Å². The van der Waals surface area contributed by atoms with Crippen LogP contribution in [0, 0.1) is 5.41 Å². The molecule has 0 atom stereocenters. The van der Waals surface area contributed by atoms with Crippen molar-refractivity contribution in [3.8, 4) is 0 Å². The summed E-state index contributed by atoms with van der Waals surface area (Å²) in [5.74, 6) is 0.511. The highest BCUT2D eigenvalue weighted by Crippen LogP contribution is 2.36. The van der Waals surface area contributed by atoms with Gasteiger partial charge in [-0.05, 0) is 49.1 Å². The summed E-state index contributed by atoms with van der Waals surface area (Å²) in [7, 11) is 0. The zero-order valence-corrected chi connectivity index (χ0v) is 15.8. The molecule has 3 N–H and O–H groups in total. The van der Waals surface area contributed by atoms with Crippen LogP contribution < -0.4 is 11.1 Å². The Morgan fingerprint density at radius 1 is 1.31 bits per heavy atom. The Morgan fingerprint density at radius 3 is 2.50 bits per heavy atom. The van der Waals surface area contributed by atoms with Crippen molar-refractivity contribution in [3.05, 3.63) is 35.4 Å². The molecule has 0 bridgehead atoms. The zero-order chi connectivity index (χ0) is 18.6. The number of ether oxygens (including phenoxy) is 1. The highest BCUT2D eigenvalue weighted by atomic mass is 16.6. The van der Waals surface area contributed by atoms with Gasteiger partial charge in [0, 0.05) is 25.7 Å². The quantitative estimate of drug-likeness (QED) is 0.639. The van der Waals surface area contributed by atoms with Gasteiger partial charge in [-0.2, -0.15) is 0 Å². The summed E-state index contributed by atoms with van der Waals surface area (Å²) < 4.78 is 5.05.